The number of aromatic nitrogens is 4. The number of amides is 2. The second kappa shape index (κ2) is 8.87. The van der Waals surface area contributed by atoms with Gasteiger partial charge in [0, 0.05) is 42.9 Å². The molecule has 0 aliphatic carbocycles. The lowest BCUT2D eigenvalue weighted by atomic mass is 10.0. The Bertz CT molecular complexity index is 1520. The van der Waals surface area contributed by atoms with Crippen molar-refractivity contribution in [3.63, 3.8) is 0 Å². The monoisotopic (exact) mass is 511 g/mol. The molecule has 2 amide bonds. The molecule has 0 saturated carbocycles. The van der Waals surface area contributed by atoms with E-state index in [0.717, 1.165) is 12.1 Å². The number of aryl methyl sites for hydroxylation is 1. The van der Waals surface area contributed by atoms with Gasteiger partial charge in [-0.1, -0.05) is 16.8 Å². The van der Waals surface area contributed by atoms with Crippen molar-refractivity contribution in [2.75, 3.05) is 23.0 Å². The Morgan fingerprint density at radius 2 is 1.89 bits per heavy atom. The number of alkyl halides is 3. The average Bonchev–Trinajstić information content (AvgIpc) is 3.27. The van der Waals surface area contributed by atoms with Gasteiger partial charge in [0.05, 0.1) is 10.7 Å². The standard InChI is InChI=1S/C20H14ClF4N7O3/c1-26-18-27-7-8-3-10(17(33)32(2)16(8)30-18)9-4-13(12(22)5-11(9)21)28-19(34)29-15-6-14(31-35-15)20(23,24)25/h3-7H,1-2H3,(H,26,27,30)(H2,28,29,34). The second-order valence-electron chi connectivity index (χ2n) is 7.11. The van der Waals surface area contributed by atoms with E-state index in [4.69, 9.17) is 11.6 Å². The minimum absolute atomic E-state index is 0.0688. The van der Waals surface area contributed by atoms with Crippen LogP contribution in [0.2, 0.25) is 5.02 Å². The van der Waals surface area contributed by atoms with Crippen LogP contribution in [0.3, 0.4) is 0 Å². The van der Waals surface area contributed by atoms with Crippen LogP contribution in [-0.2, 0) is 13.2 Å². The maximum atomic E-state index is 14.5. The normalized spacial score (nSPS) is 11.5. The van der Waals surface area contributed by atoms with Crippen LogP contribution in [0, 0.1) is 5.82 Å². The highest BCUT2D eigenvalue weighted by Crippen LogP contribution is 2.33. The van der Waals surface area contributed by atoms with Crippen molar-refractivity contribution in [3.05, 3.63) is 57.3 Å². The summed E-state index contributed by atoms with van der Waals surface area (Å²) in [6, 6.07) is 2.80. The van der Waals surface area contributed by atoms with Crippen LogP contribution in [0.4, 0.5) is 39.9 Å². The van der Waals surface area contributed by atoms with Crippen LogP contribution in [0.25, 0.3) is 22.2 Å². The van der Waals surface area contributed by atoms with E-state index >= 15 is 0 Å². The minimum Gasteiger partial charge on any atom is -0.357 e. The summed E-state index contributed by atoms with van der Waals surface area (Å²) in [5.41, 5.74) is -1.78. The van der Waals surface area contributed by atoms with Gasteiger partial charge in [0.1, 0.15) is 11.5 Å². The molecule has 0 atom stereocenters. The molecule has 3 heterocycles. The molecule has 3 N–H and O–H groups in total. The molecule has 0 fully saturated rings. The molecule has 4 aromatic rings. The van der Waals surface area contributed by atoms with Crippen LogP contribution in [-0.4, -0.2) is 32.8 Å². The van der Waals surface area contributed by atoms with Crippen molar-refractivity contribution >= 4 is 46.2 Å². The van der Waals surface area contributed by atoms with E-state index in [1.54, 1.807) is 7.05 Å². The average molecular weight is 512 g/mol. The minimum atomic E-state index is -4.78. The molecule has 0 aliphatic heterocycles. The number of benzene rings is 1. The molecule has 0 spiro atoms. The summed E-state index contributed by atoms with van der Waals surface area (Å²) < 4.78 is 58.1. The molecule has 10 nitrogen and oxygen atoms in total. The number of nitrogens with one attached hydrogen (secondary N) is 3. The first-order valence-corrected chi connectivity index (χ1v) is 10.0. The highest BCUT2D eigenvalue weighted by molar-refractivity contribution is 6.33. The number of fused-ring (bicyclic) bond motifs is 1. The molecule has 0 saturated heterocycles. The Labute approximate surface area is 197 Å². The molecule has 182 valence electrons. The van der Waals surface area contributed by atoms with Crippen LogP contribution < -0.4 is 21.5 Å². The lowest BCUT2D eigenvalue weighted by Crippen LogP contribution is -2.21. The summed E-state index contributed by atoms with van der Waals surface area (Å²) in [6.07, 6.45) is -3.30. The summed E-state index contributed by atoms with van der Waals surface area (Å²) >= 11 is 6.18. The molecule has 0 bridgehead atoms. The number of hydrogen-bond donors (Lipinski definition) is 3. The molecule has 1 aromatic carbocycles. The van der Waals surface area contributed by atoms with Crippen molar-refractivity contribution < 1.29 is 26.9 Å². The number of hydrogen-bond acceptors (Lipinski definition) is 7. The van der Waals surface area contributed by atoms with Crippen molar-refractivity contribution in [2.45, 2.75) is 6.18 Å². The third-order valence-corrected chi connectivity index (χ3v) is 5.12. The Morgan fingerprint density at radius 3 is 2.54 bits per heavy atom. The topological polar surface area (TPSA) is 127 Å². The fraction of sp³-hybridized carbons (Fsp3) is 0.150. The van der Waals surface area contributed by atoms with E-state index in [1.165, 1.54) is 23.9 Å². The zero-order chi connectivity index (χ0) is 25.5. The fourth-order valence-electron chi connectivity index (χ4n) is 3.14. The number of carbonyl (C=O) groups excluding carboxylic acids is 1. The number of rotatable bonds is 4. The molecule has 3 aromatic heterocycles. The van der Waals surface area contributed by atoms with Crippen molar-refractivity contribution in [1.82, 2.24) is 19.7 Å². The van der Waals surface area contributed by atoms with Crippen molar-refractivity contribution in [1.29, 1.82) is 0 Å². The summed E-state index contributed by atoms with van der Waals surface area (Å²) in [6.45, 7) is 0. The quantitative estimate of drug-likeness (QED) is 0.345. The van der Waals surface area contributed by atoms with Gasteiger partial charge in [0.15, 0.2) is 5.69 Å². The van der Waals surface area contributed by atoms with E-state index in [0.29, 0.717) is 23.0 Å². The largest absolute Gasteiger partial charge is 0.436 e. The first-order chi connectivity index (χ1) is 16.5. The number of anilines is 3. The molecular formula is C20H14ClF4N7O3. The summed E-state index contributed by atoms with van der Waals surface area (Å²) in [5.74, 6) is -1.28. The van der Waals surface area contributed by atoms with Crippen LogP contribution in [0.15, 0.2) is 39.8 Å². The lowest BCUT2D eigenvalue weighted by molar-refractivity contribution is -0.142. The molecule has 0 radical (unpaired) electrons. The Kier molecular flexibility index (Phi) is 6.06. The van der Waals surface area contributed by atoms with Crippen molar-refractivity contribution in [3.8, 4) is 11.1 Å². The van der Waals surface area contributed by atoms with Gasteiger partial charge in [0.2, 0.25) is 11.8 Å². The predicted octanol–water partition coefficient (Wildman–Crippen LogP) is 4.48. The van der Waals surface area contributed by atoms with E-state index < -0.39 is 40.8 Å². The second-order valence-corrected chi connectivity index (χ2v) is 7.52. The maximum absolute atomic E-state index is 14.5. The molecule has 35 heavy (non-hydrogen) atoms. The van der Waals surface area contributed by atoms with Gasteiger partial charge in [-0.3, -0.25) is 14.7 Å². The number of halogens is 5. The lowest BCUT2D eigenvalue weighted by Gasteiger charge is -2.13. The molecule has 0 aliphatic rings. The first kappa shape index (κ1) is 23.9. The SMILES string of the molecule is CNc1ncc2cc(-c3cc(NC(=O)Nc4cc(C(F)(F)F)no4)c(F)cc3Cl)c(=O)n(C)c2n1. The third-order valence-electron chi connectivity index (χ3n) is 4.80. The van der Waals surface area contributed by atoms with E-state index in [9.17, 15) is 27.2 Å². The molecule has 0 unspecified atom stereocenters. The van der Waals surface area contributed by atoms with Gasteiger partial charge >= 0.3 is 12.2 Å². The Balaban J connectivity index is 1.67. The van der Waals surface area contributed by atoms with Crippen LogP contribution in [0.1, 0.15) is 5.69 Å². The molecule has 15 heteroatoms. The van der Waals surface area contributed by atoms with Gasteiger partial charge in [0.25, 0.3) is 5.56 Å². The summed E-state index contributed by atoms with van der Waals surface area (Å²) in [4.78, 5) is 33.5. The van der Waals surface area contributed by atoms with Crippen molar-refractivity contribution in [2.24, 2.45) is 7.05 Å². The van der Waals surface area contributed by atoms with Crippen LogP contribution >= 0.6 is 11.6 Å². The zero-order valence-electron chi connectivity index (χ0n) is 17.8. The Morgan fingerprint density at radius 1 is 1.14 bits per heavy atom. The number of nitrogens with zero attached hydrogens (tertiary/aromatic N) is 4. The third kappa shape index (κ3) is 4.73. The number of urea groups is 1. The van der Waals surface area contributed by atoms with E-state index in [1.807, 2.05) is 5.32 Å². The molecule has 4 rings (SSSR count). The first-order valence-electron chi connectivity index (χ1n) is 9.63. The van der Waals surface area contributed by atoms with Gasteiger partial charge in [-0.05, 0) is 18.2 Å². The smallest absolute Gasteiger partial charge is 0.357 e. The highest BCUT2D eigenvalue weighted by atomic mass is 35.5. The van der Waals surface area contributed by atoms with Gasteiger partial charge in [-0.15, -0.1) is 0 Å². The van der Waals surface area contributed by atoms with Gasteiger partial charge < -0.3 is 15.2 Å². The number of pyridine rings is 1. The summed E-state index contributed by atoms with van der Waals surface area (Å²) in [5, 5.41) is 10.0. The summed E-state index contributed by atoms with van der Waals surface area (Å²) in [7, 11) is 3.10. The predicted molar refractivity (Wildman–Crippen MR) is 119 cm³/mol. The number of carbonyl (C=O) groups is 1. The van der Waals surface area contributed by atoms with E-state index in [2.05, 4.69) is 30.3 Å². The fourth-order valence-corrected chi connectivity index (χ4v) is 3.40. The maximum Gasteiger partial charge on any atom is 0.436 e. The van der Waals surface area contributed by atoms with Gasteiger partial charge in [-0.25, -0.2) is 14.2 Å². The van der Waals surface area contributed by atoms with Gasteiger partial charge in [-0.2, -0.15) is 18.2 Å². The zero-order valence-corrected chi connectivity index (χ0v) is 18.5. The Hall–Kier alpha value is -4.20. The highest BCUT2D eigenvalue weighted by Gasteiger charge is 2.35. The molecular weight excluding hydrogens is 498 g/mol. The van der Waals surface area contributed by atoms with E-state index in [-0.39, 0.29) is 16.1 Å². The van der Waals surface area contributed by atoms with Crippen LogP contribution in [0.5, 0.6) is 0 Å².